The van der Waals surface area contributed by atoms with E-state index in [1.807, 2.05) is 12.1 Å². The molecule has 0 bridgehead atoms. The van der Waals surface area contributed by atoms with E-state index in [0.29, 0.717) is 34.0 Å². The Balaban J connectivity index is 1.75. The van der Waals surface area contributed by atoms with Crippen molar-refractivity contribution in [3.05, 3.63) is 59.3 Å². The van der Waals surface area contributed by atoms with Gasteiger partial charge in [-0.25, -0.2) is 8.42 Å². The topological polar surface area (TPSA) is 110 Å². The minimum Gasteiger partial charge on any atom is -0.310 e. The molecule has 3 aromatic rings. The predicted molar refractivity (Wildman–Crippen MR) is 127 cm³/mol. The predicted octanol–water partition coefficient (Wildman–Crippen LogP) is 4.46. The first-order valence-corrected chi connectivity index (χ1v) is 12.2. The number of benzene rings is 2. The van der Waals surface area contributed by atoms with Crippen LogP contribution < -0.4 is 10.0 Å². The Hall–Kier alpha value is -3.46. The number of hydrogen-bond donors (Lipinski definition) is 2. The number of carbonyl (C=O) groups excluding carboxylic acids is 2. The number of anilines is 2. The van der Waals surface area contributed by atoms with Crippen molar-refractivity contribution in [2.75, 3.05) is 10.0 Å². The molecule has 8 nitrogen and oxygen atoms in total. The summed E-state index contributed by atoms with van der Waals surface area (Å²) >= 11 is 0. The van der Waals surface area contributed by atoms with Gasteiger partial charge in [-0.2, -0.15) is 9.78 Å². The fraction of sp³-hybridized carbons (Fsp3) is 0.292. The van der Waals surface area contributed by atoms with E-state index in [2.05, 4.69) is 29.0 Å². The second-order valence-corrected chi connectivity index (χ2v) is 10.2. The number of sulfonamides is 1. The molecule has 2 aromatic carbocycles. The highest BCUT2D eigenvalue weighted by Gasteiger charge is 2.27. The van der Waals surface area contributed by atoms with E-state index in [1.165, 1.54) is 4.68 Å². The van der Waals surface area contributed by atoms with Crippen molar-refractivity contribution in [2.24, 2.45) is 0 Å². The van der Waals surface area contributed by atoms with Crippen molar-refractivity contribution in [3.8, 4) is 11.1 Å². The molecule has 2 N–H and O–H groups in total. The number of aryl methyl sites for hydroxylation is 2. The van der Waals surface area contributed by atoms with Crippen LogP contribution in [0.15, 0.2) is 47.4 Å². The van der Waals surface area contributed by atoms with Crippen LogP contribution in [0, 0.1) is 13.8 Å². The minimum atomic E-state index is -3.89. The van der Waals surface area contributed by atoms with Crippen molar-refractivity contribution in [1.29, 1.82) is 0 Å². The first-order chi connectivity index (χ1) is 15.6. The molecule has 0 radical (unpaired) electrons. The molecule has 172 valence electrons. The van der Waals surface area contributed by atoms with E-state index in [1.54, 1.807) is 44.2 Å². The summed E-state index contributed by atoms with van der Waals surface area (Å²) in [5, 5.41) is 7.04. The van der Waals surface area contributed by atoms with Gasteiger partial charge in [-0.05, 0) is 54.7 Å². The van der Waals surface area contributed by atoms with Gasteiger partial charge in [0.15, 0.2) is 0 Å². The average molecular weight is 467 g/mol. The molecule has 0 unspecified atom stereocenters. The SMILES string of the molecule is Cc1ccc(-c2c(C)nn3c2NC(=O)CCC3=O)cc1S(=O)(=O)Nc1ccc(C(C)C)cc1. The molecule has 1 aliphatic rings. The lowest BCUT2D eigenvalue weighted by atomic mass is 10.0. The molecule has 1 aromatic heterocycles. The second kappa shape index (κ2) is 8.47. The van der Waals surface area contributed by atoms with E-state index in [4.69, 9.17) is 0 Å². The lowest BCUT2D eigenvalue weighted by Gasteiger charge is -2.14. The molecule has 1 amide bonds. The molecule has 0 fully saturated rings. The number of nitrogens with one attached hydrogen (secondary N) is 2. The van der Waals surface area contributed by atoms with Crippen LogP contribution in [0.4, 0.5) is 11.5 Å². The molecule has 0 atom stereocenters. The highest BCUT2D eigenvalue weighted by Crippen LogP contribution is 2.35. The number of carbonyl (C=O) groups is 2. The van der Waals surface area contributed by atoms with E-state index < -0.39 is 10.0 Å². The van der Waals surface area contributed by atoms with Crippen LogP contribution in [0.1, 0.15) is 54.2 Å². The third kappa shape index (κ3) is 4.41. The molecule has 33 heavy (non-hydrogen) atoms. The molecule has 4 rings (SSSR count). The average Bonchev–Trinajstić information content (AvgIpc) is 3.01. The summed E-state index contributed by atoms with van der Waals surface area (Å²) in [7, 11) is -3.89. The first-order valence-electron chi connectivity index (χ1n) is 10.7. The normalized spacial score (nSPS) is 14.1. The van der Waals surface area contributed by atoms with Gasteiger partial charge in [-0.3, -0.25) is 14.3 Å². The minimum absolute atomic E-state index is 0.0619. The van der Waals surface area contributed by atoms with Gasteiger partial charge in [0, 0.05) is 24.1 Å². The smallest absolute Gasteiger partial charge is 0.262 e. The first kappa shape index (κ1) is 22.7. The Bertz CT molecular complexity index is 1360. The van der Waals surface area contributed by atoms with E-state index in [9.17, 15) is 18.0 Å². The van der Waals surface area contributed by atoms with Gasteiger partial charge in [0.2, 0.25) is 11.8 Å². The van der Waals surface area contributed by atoms with Gasteiger partial charge < -0.3 is 5.32 Å². The molecular formula is C24H26N4O4S. The highest BCUT2D eigenvalue weighted by molar-refractivity contribution is 7.92. The van der Waals surface area contributed by atoms with Crippen LogP contribution in [-0.2, 0) is 14.8 Å². The zero-order chi connectivity index (χ0) is 23.9. The van der Waals surface area contributed by atoms with Crippen LogP contribution in [-0.4, -0.2) is 30.0 Å². The van der Waals surface area contributed by atoms with E-state index >= 15 is 0 Å². The molecule has 0 saturated heterocycles. The number of hydrogen-bond acceptors (Lipinski definition) is 5. The fourth-order valence-electron chi connectivity index (χ4n) is 3.88. The second-order valence-electron chi connectivity index (χ2n) is 8.53. The number of aromatic nitrogens is 2. The number of fused-ring (bicyclic) bond motifs is 1. The van der Waals surface area contributed by atoms with Crippen LogP contribution in [0.2, 0.25) is 0 Å². The third-order valence-corrected chi connectivity index (χ3v) is 7.24. The third-order valence-electron chi connectivity index (χ3n) is 5.72. The summed E-state index contributed by atoms with van der Waals surface area (Å²) in [6.07, 6.45) is 0.139. The summed E-state index contributed by atoms with van der Waals surface area (Å²) < 4.78 is 30.3. The van der Waals surface area contributed by atoms with Gasteiger partial charge >= 0.3 is 0 Å². The lowest BCUT2D eigenvalue weighted by Crippen LogP contribution is -2.15. The maximum atomic E-state index is 13.2. The standard InChI is InChI=1S/C24H26N4O4S/c1-14(2)17-7-9-19(10-8-17)27-33(31,32)20-13-18(6-5-15(20)3)23-16(4)26-28-22(30)12-11-21(29)25-24(23)28/h5-10,13-14,27H,11-12H2,1-4H3,(H,25,29). The molecule has 0 aliphatic carbocycles. The van der Waals surface area contributed by atoms with Gasteiger partial charge in [0.05, 0.1) is 10.6 Å². The molecule has 0 saturated carbocycles. The number of rotatable bonds is 5. The van der Waals surface area contributed by atoms with E-state index in [0.717, 1.165) is 5.56 Å². The van der Waals surface area contributed by atoms with Crippen LogP contribution >= 0.6 is 0 Å². The summed E-state index contributed by atoms with van der Waals surface area (Å²) in [4.78, 5) is 24.6. The Morgan fingerprint density at radius 3 is 2.39 bits per heavy atom. The molecular weight excluding hydrogens is 440 g/mol. The summed E-state index contributed by atoms with van der Waals surface area (Å²) in [5.74, 6) is 0.0414. The van der Waals surface area contributed by atoms with Crippen LogP contribution in [0.3, 0.4) is 0 Å². The van der Waals surface area contributed by atoms with Crippen molar-refractivity contribution in [2.45, 2.75) is 51.3 Å². The largest absolute Gasteiger partial charge is 0.310 e. The Labute approximate surface area is 193 Å². The molecule has 0 spiro atoms. The van der Waals surface area contributed by atoms with Gasteiger partial charge in [0.25, 0.3) is 10.0 Å². The van der Waals surface area contributed by atoms with Gasteiger partial charge in [-0.1, -0.05) is 38.1 Å². The van der Waals surface area contributed by atoms with Crippen molar-refractivity contribution >= 4 is 33.3 Å². The summed E-state index contributed by atoms with van der Waals surface area (Å²) in [5.41, 5.74) is 3.75. The maximum absolute atomic E-state index is 13.2. The van der Waals surface area contributed by atoms with Crippen molar-refractivity contribution in [3.63, 3.8) is 0 Å². The Morgan fingerprint density at radius 2 is 1.73 bits per heavy atom. The van der Waals surface area contributed by atoms with E-state index in [-0.39, 0.29) is 35.4 Å². The van der Waals surface area contributed by atoms with Crippen molar-refractivity contribution < 1.29 is 18.0 Å². The lowest BCUT2D eigenvalue weighted by molar-refractivity contribution is -0.116. The maximum Gasteiger partial charge on any atom is 0.262 e. The summed E-state index contributed by atoms with van der Waals surface area (Å²) in [6.45, 7) is 7.59. The zero-order valence-electron chi connectivity index (χ0n) is 19.0. The number of nitrogens with zero attached hydrogens (tertiary/aromatic N) is 2. The molecule has 2 heterocycles. The highest BCUT2D eigenvalue weighted by atomic mass is 32.2. The Kier molecular flexibility index (Phi) is 5.84. The fourth-order valence-corrected chi connectivity index (χ4v) is 5.21. The Morgan fingerprint density at radius 1 is 1.03 bits per heavy atom. The molecule has 9 heteroatoms. The monoisotopic (exact) mass is 466 g/mol. The quantitative estimate of drug-likeness (QED) is 0.577. The van der Waals surface area contributed by atoms with Gasteiger partial charge in [-0.15, -0.1) is 0 Å². The zero-order valence-corrected chi connectivity index (χ0v) is 19.8. The number of amides is 1. The molecule has 1 aliphatic heterocycles. The van der Waals surface area contributed by atoms with Crippen LogP contribution in [0.5, 0.6) is 0 Å². The van der Waals surface area contributed by atoms with Gasteiger partial charge in [0.1, 0.15) is 5.82 Å². The van der Waals surface area contributed by atoms with Crippen molar-refractivity contribution in [1.82, 2.24) is 9.78 Å². The van der Waals surface area contributed by atoms with Crippen LogP contribution in [0.25, 0.3) is 11.1 Å². The summed E-state index contributed by atoms with van der Waals surface area (Å²) in [6, 6.07) is 12.3.